The highest BCUT2D eigenvalue weighted by Crippen LogP contribution is 2.43. The van der Waals surface area contributed by atoms with Gasteiger partial charge in [-0.3, -0.25) is 4.79 Å². The first-order valence-electron chi connectivity index (χ1n) is 10.7. The summed E-state index contributed by atoms with van der Waals surface area (Å²) in [6.45, 7) is 10.2. The number of furan rings is 1. The van der Waals surface area contributed by atoms with Gasteiger partial charge in [-0.25, -0.2) is 5.43 Å². The number of hydrogen-bond acceptors (Lipinski definition) is 4. The zero-order valence-corrected chi connectivity index (χ0v) is 20.0. The van der Waals surface area contributed by atoms with Crippen molar-refractivity contribution in [3.05, 3.63) is 63.8 Å². The molecular weight excluding hydrogens is 454 g/mol. The number of benzene rings is 2. The normalized spacial score (nSPS) is 17.8. The molecule has 3 aromatic rings. The van der Waals surface area contributed by atoms with E-state index in [2.05, 4.69) is 77.3 Å². The van der Waals surface area contributed by atoms with Crippen LogP contribution >= 0.6 is 15.9 Å². The van der Waals surface area contributed by atoms with E-state index in [4.69, 9.17) is 4.42 Å². The van der Waals surface area contributed by atoms with E-state index >= 15 is 0 Å². The highest BCUT2D eigenvalue weighted by Gasteiger charge is 2.35. The molecule has 5 nitrogen and oxygen atoms in total. The van der Waals surface area contributed by atoms with Gasteiger partial charge in [0.15, 0.2) is 5.76 Å². The first-order chi connectivity index (χ1) is 14.8. The molecule has 0 bridgehead atoms. The summed E-state index contributed by atoms with van der Waals surface area (Å²) in [5.74, 6) is 0.337. The Labute approximate surface area is 191 Å². The molecule has 6 heteroatoms. The van der Waals surface area contributed by atoms with Crippen LogP contribution in [0.1, 0.15) is 68.1 Å². The predicted octanol–water partition coefficient (Wildman–Crippen LogP) is 6.46. The number of anilines is 1. The molecule has 0 spiro atoms. The third-order valence-electron chi connectivity index (χ3n) is 5.94. The fourth-order valence-corrected chi connectivity index (χ4v) is 4.96. The lowest BCUT2D eigenvalue weighted by Crippen LogP contribution is -2.48. The van der Waals surface area contributed by atoms with Crippen LogP contribution in [0.3, 0.4) is 0 Å². The molecule has 1 unspecified atom stereocenters. The van der Waals surface area contributed by atoms with Crippen LogP contribution in [-0.2, 0) is 0 Å². The lowest BCUT2D eigenvalue weighted by Gasteiger charge is -2.47. The summed E-state index contributed by atoms with van der Waals surface area (Å²) < 4.78 is 6.56. The topological polar surface area (TPSA) is 57.8 Å². The monoisotopic (exact) mass is 481 g/mol. The first-order valence-corrected chi connectivity index (χ1v) is 11.5. The number of carbonyl (C=O) groups excluding carboxylic acids is 1. The van der Waals surface area contributed by atoms with Crippen molar-refractivity contribution in [2.24, 2.45) is 5.10 Å². The van der Waals surface area contributed by atoms with Crippen molar-refractivity contribution in [3.8, 4) is 0 Å². The van der Waals surface area contributed by atoms with Crippen LogP contribution in [-0.4, -0.2) is 24.2 Å². The third-order valence-corrected chi connectivity index (χ3v) is 6.43. The van der Waals surface area contributed by atoms with E-state index in [-0.39, 0.29) is 17.2 Å². The van der Waals surface area contributed by atoms with Gasteiger partial charge < -0.3 is 9.32 Å². The van der Waals surface area contributed by atoms with Gasteiger partial charge in [0.05, 0.1) is 6.21 Å². The standard InChI is InChI=1S/C25H28BrN3O2/c1-5-10-29-21-8-6-17(11-20(21)16(2)14-25(29,3)4)15-27-28-24(30)23-13-18-12-19(26)7-9-22(18)31-23/h6-9,11-13,15-16H,5,10,14H2,1-4H3,(H,28,30)/b27-15+. The molecule has 0 radical (unpaired) electrons. The van der Waals surface area contributed by atoms with Crippen LogP contribution in [0.2, 0.25) is 0 Å². The molecule has 1 aromatic heterocycles. The van der Waals surface area contributed by atoms with Gasteiger partial charge in [0.25, 0.3) is 0 Å². The van der Waals surface area contributed by atoms with Crippen LogP contribution in [0, 0.1) is 0 Å². The van der Waals surface area contributed by atoms with Gasteiger partial charge in [-0.1, -0.05) is 35.8 Å². The van der Waals surface area contributed by atoms with Crippen molar-refractivity contribution < 1.29 is 9.21 Å². The first kappa shape index (κ1) is 21.6. The zero-order chi connectivity index (χ0) is 22.2. The van der Waals surface area contributed by atoms with E-state index in [0.29, 0.717) is 11.5 Å². The van der Waals surface area contributed by atoms with Crippen LogP contribution in [0.15, 0.2) is 56.5 Å². The molecule has 1 N–H and O–H groups in total. The largest absolute Gasteiger partial charge is 0.451 e. The Morgan fingerprint density at radius 3 is 2.87 bits per heavy atom. The minimum absolute atomic E-state index is 0.147. The van der Waals surface area contributed by atoms with Crippen LogP contribution in [0.4, 0.5) is 5.69 Å². The Kier molecular flexibility index (Phi) is 5.93. The molecule has 1 aliphatic rings. The molecule has 0 aliphatic carbocycles. The number of nitrogens with zero attached hydrogens (tertiary/aromatic N) is 2. The van der Waals surface area contributed by atoms with E-state index in [9.17, 15) is 4.79 Å². The molecule has 2 aromatic carbocycles. The summed E-state index contributed by atoms with van der Waals surface area (Å²) in [5.41, 5.74) is 7.00. The minimum Gasteiger partial charge on any atom is -0.451 e. The summed E-state index contributed by atoms with van der Waals surface area (Å²) in [4.78, 5) is 14.9. The van der Waals surface area contributed by atoms with Crippen molar-refractivity contribution in [2.45, 2.75) is 52.0 Å². The van der Waals surface area contributed by atoms with Gasteiger partial charge in [0.2, 0.25) is 0 Å². The highest BCUT2D eigenvalue weighted by molar-refractivity contribution is 9.10. The molecule has 0 fully saturated rings. The van der Waals surface area contributed by atoms with Gasteiger partial charge in [0, 0.05) is 27.6 Å². The van der Waals surface area contributed by atoms with Crippen LogP contribution < -0.4 is 10.3 Å². The molecule has 0 saturated heterocycles. The van der Waals surface area contributed by atoms with Gasteiger partial charge in [-0.2, -0.15) is 5.10 Å². The maximum atomic E-state index is 12.4. The minimum atomic E-state index is -0.370. The molecule has 1 atom stereocenters. The summed E-state index contributed by atoms with van der Waals surface area (Å²) in [6.07, 6.45) is 3.92. The second-order valence-corrected chi connectivity index (χ2v) is 9.80. The fourth-order valence-electron chi connectivity index (χ4n) is 4.58. The predicted molar refractivity (Wildman–Crippen MR) is 130 cm³/mol. The maximum absolute atomic E-state index is 12.4. The lowest BCUT2D eigenvalue weighted by atomic mass is 9.79. The Balaban J connectivity index is 1.50. The average Bonchev–Trinajstić information content (AvgIpc) is 3.14. The second kappa shape index (κ2) is 8.50. The van der Waals surface area contributed by atoms with Crippen molar-refractivity contribution in [1.82, 2.24) is 5.43 Å². The highest BCUT2D eigenvalue weighted by atomic mass is 79.9. The number of nitrogens with one attached hydrogen (secondary N) is 1. The van der Waals surface area contributed by atoms with Crippen LogP contribution in [0.25, 0.3) is 11.0 Å². The molecule has 1 aliphatic heterocycles. The fraction of sp³-hybridized carbons (Fsp3) is 0.360. The Hall–Kier alpha value is -2.60. The third kappa shape index (κ3) is 4.40. The van der Waals surface area contributed by atoms with Crippen molar-refractivity contribution in [2.75, 3.05) is 11.4 Å². The Morgan fingerprint density at radius 2 is 2.10 bits per heavy atom. The quantitative estimate of drug-likeness (QED) is 0.335. The Bertz CT molecular complexity index is 1150. The number of halogens is 1. The van der Waals surface area contributed by atoms with Gasteiger partial charge in [0.1, 0.15) is 5.58 Å². The lowest BCUT2D eigenvalue weighted by molar-refractivity contribution is 0.0929. The van der Waals surface area contributed by atoms with E-state index in [1.54, 1.807) is 12.3 Å². The number of carbonyl (C=O) groups is 1. The van der Waals surface area contributed by atoms with Crippen LogP contribution in [0.5, 0.6) is 0 Å². The number of hydrazone groups is 1. The summed E-state index contributed by atoms with van der Waals surface area (Å²) in [6, 6.07) is 13.8. The molecule has 0 saturated carbocycles. The van der Waals surface area contributed by atoms with Gasteiger partial charge in [-0.15, -0.1) is 0 Å². The molecule has 2 heterocycles. The maximum Gasteiger partial charge on any atom is 0.307 e. The number of amides is 1. The molecule has 4 rings (SSSR count). The Morgan fingerprint density at radius 1 is 1.29 bits per heavy atom. The SMILES string of the molecule is CCCN1c2ccc(/C=N/NC(=O)c3cc4cc(Br)ccc4o3)cc2C(C)CC1(C)C. The average molecular weight is 482 g/mol. The summed E-state index contributed by atoms with van der Waals surface area (Å²) in [5, 5.41) is 5.02. The molecule has 162 valence electrons. The van der Waals surface area contributed by atoms with E-state index in [1.165, 1.54) is 11.3 Å². The van der Waals surface area contributed by atoms with Crippen molar-refractivity contribution >= 4 is 44.7 Å². The van der Waals surface area contributed by atoms with E-state index in [1.807, 2.05) is 18.2 Å². The van der Waals surface area contributed by atoms with Gasteiger partial charge >= 0.3 is 5.91 Å². The zero-order valence-electron chi connectivity index (χ0n) is 18.4. The summed E-state index contributed by atoms with van der Waals surface area (Å²) >= 11 is 3.43. The van der Waals surface area contributed by atoms with E-state index in [0.717, 1.165) is 34.8 Å². The second-order valence-electron chi connectivity index (χ2n) is 8.88. The number of rotatable bonds is 5. The van der Waals surface area contributed by atoms with E-state index < -0.39 is 0 Å². The molecular formula is C25H28BrN3O2. The van der Waals surface area contributed by atoms with Crippen molar-refractivity contribution in [1.29, 1.82) is 0 Å². The van der Waals surface area contributed by atoms with Gasteiger partial charge in [-0.05, 0) is 80.1 Å². The summed E-state index contributed by atoms with van der Waals surface area (Å²) in [7, 11) is 0. The number of fused-ring (bicyclic) bond motifs is 2. The smallest absolute Gasteiger partial charge is 0.307 e. The molecule has 31 heavy (non-hydrogen) atoms. The number of hydrogen-bond donors (Lipinski definition) is 1. The van der Waals surface area contributed by atoms with Crippen molar-refractivity contribution in [3.63, 3.8) is 0 Å². The molecule has 1 amide bonds.